The van der Waals surface area contributed by atoms with Gasteiger partial charge in [-0.2, -0.15) is 4.31 Å². The molecule has 0 amide bonds. The van der Waals surface area contributed by atoms with Crippen molar-refractivity contribution in [2.45, 2.75) is 17.7 Å². The molecule has 104 valence electrons. The van der Waals surface area contributed by atoms with E-state index in [1.54, 1.807) is 0 Å². The van der Waals surface area contributed by atoms with Crippen molar-refractivity contribution in [3.8, 4) is 0 Å². The summed E-state index contributed by atoms with van der Waals surface area (Å²) in [6.45, 7) is 0.894. The van der Waals surface area contributed by atoms with Gasteiger partial charge >= 0.3 is 5.97 Å². The van der Waals surface area contributed by atoms with Crippen LogP contribution in [0.2, 0.25) is 0 Å². The van der Waals surface area contributed by atoms with Gasteiger partial charge in [0, 0.05) is 13.1 Å². The molecule has 0 radical (unpaired) electrons. The van der Waals surface area contributed by atoms with Crippen molar-refractivity contribution in [3.05, 3.63) is 29.6 Å². The number of sulfonamides is 1. The van der Waals surface area contributed by atoms with Gasteiger partial charge in [0.05, 0.1) is 17.6 Å². The first-order chi connectivity index (χ1) is 8.96. The van der Waals surface area contributed by atoms with Crippen LogP contribution in [0.3, 0.4) is 0 Å². The molecule has 1 aliphatic heterocycles. The Balaban J connectivity index is 2.36. The van der Waals surface area contributed by atoms with E-state index in [9.17, 15) is 17.6 Å². The van der Waals surface area contributed by atoms with Crippen LogP contribution in [0.4, 0.5) is 4.39 Å². The van der Waals surface area contributed by atoms with Crippen LogP contribution >= 0.6 is 0 Å². The van der Waals surface area contributed by atoms with Crippen LogP contribution in [0.1, 0.15) is 23.2 Å². The summed E-state index contributed by atoms with van der Waals surface area (Å²) < 4.78 is 43.8. The Bertz CT molecular complexity index is 594. The molecular weight excluding hydrogens is 273 g/mol. The Morgan fingerprint density at radius 1 is 1.32 bits per heavy atom. The Morgan fingerprint density at radius 3 is 2.47 bits per heavy atom. The minimum Gasteiger partial charge on any atom is -0.465 e. The van der Waals surface area contributed by atoms with Crippen LogP contribution in [-0.4, -0.2) is 38.9 Å². The summed E-state index contributed by atoms with van der Waals surface area (Å²) in [4.78, 5) is 11.1. The van der Waals surface area contributed by atoms with E-state index in [1.165, 1.54) is 10.4 Å². The van der Waals surface area contributed by atoms with Crippen LogP contribution < -0.4 is 0 Å². The molecule has 7 heteroatoms. The molecule has 1 fully saturated rings. The summed E-state index contributed by atoms with van der Waals surface area (Å²) in [7, 11) is -2.53. The number of nitrogens with zero attached hydrogens (tertiary/aromatic N) is 1. The van der Waals surface area contributed by atoms with E-state index < -0.39 is 21.8 Å². The van der Waals surface area contributed by atoms with Crippen LogP contribution in [0.5, 0.6) is 0 Å². The van der Waals surface area contributed by atoms with Crippen molar-refractivity contribution in [2.75, 3.05) is 20.2 Å². The lowest BCUT2D eigenvalue weighted by atomic mass is 10.2. The molecule has 5 nitrogen and oxygen atoms in total. The lowest BCUT2D eigenvalue weighted by Gasteiger charge is -2.15. The average molecular weight is 287 g/mol. The number of carbonyl (C=O) groups is 1. The summed E-state index contributed by atoms with van der Waals surface area (Å²) in [5, 5.41) is 0. The van der Waals surface area contributed by atoms with Crippen LogP contribution in [0, 0.1) is 5.82 Å². The largest absolute Gasteiger partial charge is 0.465 e. The van der Waals surface area contributed by atoms with Gasteiger partial charge in [0.2, 0.25) is 10.0 Å². The number of methoxy groups -OCH3 is 1. The molecule has 1 aromatic carbocycles. The van der Waals surface area contributed by atoms with Gasteiger partial charge in [0.25, 0.3) is 0 Å². The highest BCUT2D eigenvalue weighted by Crippen LogP contribution is 2.22. The molecule has 1 aromatic rings. The number of rotatable bonds is 3. The van der Waals surface area contributed by atoms with Crippen molar-refractivity contribution in [3.63, 3.8) is 0 Å². The molecule has 0 aromatic heterocycles. The number of hydrogen-bond donors (Lipinski definition) is 0. The van der Waals surface area contributed by atoms with Gasteiger partial charge in [-0.05, 0) is 31.0 Å². The zero-order valence-electron chi connectivity index (χ0n) is 10.4. The van der Waals surface area contributed by atoms with E-state index in [4.69, 9.17) is 0 Å². The van der Waals surface area contributed by atoms with Crippen molar-refractivity contribution in [2.24, 2.45) is 0 Å². The summed E-state index contributed by atoms with van der Waals surface area (Å²) in [6.07, 6.45) is 1.61. The first-order valence-electron chi connectivity index (χ1n) is 5.85. The molecule has 1 aliphatic rings. The molecule has 19 heavy (non-hydrogen) atoms. The molecular formula is C12H14FNO4S. The molecule has 0 unspecified atom stereocenters. The van der Waals surface area contributed by atoms with Crippen molar-refractivity contribution in [1.82, 2.24) is 4.31 Å². The Morgan fingerprint density at radius 2 is 1.95 bits per heavy atom. The van der Waals surface area contributed by atoms with Gasteiger partial charge in [-0.25, -0.2) is 17.6 Å². The summed E-state index contributed by atoms with van der Waals surface area (Å²) >= 11 is 0. The van der Waals surface area contributed by atoms with E-state index in [0.29, 0.717) is 13.1 Å². The van der Waals surface area contributed by atoms with Gasteiger partial charge in [0.15, 0.2) is 0 Å². The third-order valence-electron chi connectivity index (χ3n) is 3.05. The first-order valence-corrected chi connectivity index (χ1v) is 7.29. The molecule has 0 spiro atoms. The van der Waals surface area contributed by atoms with E-state index in [-0.39, 0.29) is 10.5 Å². The molecule has 0 saturated carbocycles. The van der Waals surface area contributed by atoms with Gasteiger partial charge in [0.1, 0.15) is 5.82 Å². The minimum atomic E-state index is -3.67. The fraction of sp³-hybridized carbons (Fsp3) is 0.417. The zero-order chi connectivity index (χ0) is 14.0. The predicted molar refractivity (Wildman–Crippen MR) is 65.7 cm³/mol. The smallest absolute Gasteiger partial charge is 0.340 e. The van der Waals surface area contributed by atoms with E-state index in [2.05, 4.69) is 4.74 Å². The van der Waals surface area contributed by atoms with Crippen molar-refractivity contribution >= 4 is 16.0 Å². The fourth-order valence-corrected chi connectivity index (χ4v) is 3.54. The monoisotopic (exact) mass is 287 g/mol. The maximum Gasteiger partial charge on any atom is 0.340 e. The molecule has 0 bridgehead atoms. The molecule has 0 aliphatic carbocycles. The van der Waals surface area contributed by atoms with Crippen molar-refractivity contribution < 1.29 is 22.3 Å². The maximum atomic E-state index is 13.7. The third-order valence-corrected chi connectivity index (χ3v) is 4.94. The minimum absolute atomic E-state index is 0.139. The highest BCUT2D eigenvalue weighted by atomic mass is 32.2. The second-order valence-electron chi connectivity index (χ2n) is 4.24. The standard InChI is InChI=1S/C12H14FNO4S/c1-18-12(15)10-5-4-9(8-11(10)13)19(16,17)14-6-2-3-7-14/h4-5,8H,2-3,6-7H2,1H3. The normalized spacial score (nSPS) is 16.5. The van der Waals surface area contributed by atoms with Crippen molar-refractivity contribution in [1.29, 1.82) is 0 Å². The van der Waals surface area contributed by atoms with E-state index >= 15 is 0 Å². The number of carbonyl (C=O) groups excluding carboxylic acids is 1. The topological polar surface area (TPSA) is 63.7 Å². The van der Waals surface area contributed by atoms with Crippen LogP contribution in [-0.2, 0) is 14.8 Å². The van der Waals surface area contributed by atoms with Crippen LogP contribution in [0.15, 0.2) is 23.1 Å². The Labute approximate surface area is 111 Å². The molecule has 0 atom stereocenters. The summed E-state index contributed by atoms with van der Waals surface area (Å²) in [6, 6.07) is 3.22. The number of hydrogen-bond acceptors (Lipinski definition) is 4. The van der Waals surface area contributed by atoms with Gasteiger partial charge in [-0.15, -0.1) is 0 Å². The second-order valence-corrected chi connectivity index (χ2v) is 6.18. The van der Waals surface area contributed by atoms with Gasteiger partial charge in [-0.3, -0.25) is 0 Å². The number of ether oxygens (including phenoxy) is 1. The Kier molecular flexibility index (Phi) is 3.86. The highest BCUT2D eigenvalue weighted by molar-refractivity contribution is 7.89. The molecule has 2 rings (SSSR count). The quantitative estimate of drug-likeness (QED) is 0.788. The lowest BCUT2D eigenvalue weighted by Crippen LogP contribution is -2.28. The predicted octanol–water partition coefficient (Wildman–Crippen LogP) is 1.40. The molecule has 0 N–H and O–H groups in total. The second kappa shape index (κ2) is 5.26. The fourth-order valence-electron chi connectivity index (χ4n) is 2.01. The SMILES string of the molecule is COC(=O)c1ccc(S(=O)(=O)N2CCCC2)cc1F. The maximum absolute atomic E-state index is 13.7. The number of benzene rings is 1. The third kappa shape index (κ3) is 2.62. The van der Waals surface area contributed by atoms with Gasteiger partial charge < -0.3 is 4.74 Å². The number of esters is 1. The van der Waals surface area contributed by atoms with E-state index in [0.717, 1.165) is 32.1 Å². The molecule has 1 saturated heterocycles. The highest BCUT2D eigenvalue weighted by Gasteiger charge is 2.28. The first kappa shape index (κ1) is 14.0. The number of halogens is 1. The average Bonchev–Trinajstić information content (AvgIpc) is 2.92. The summed E-state index contributed by atoms with van der Waals surface area (Å²) in [5.74, 6) is -1.73. The Hall–Kier alpha value is -1.47. The van der Waals surface area contributed by atoms with Gasteiger partial charge in [-0.1, -0.05) is 0 Å². The zero-order valence-corrected chi connectivity index (χ0v) is 11.2. The molecule has 1 heterocycles. The van der Waals surface area contributed by atoms with E-state index in [1.807, 2.05) is 0 Å². The lowest BCUT2D eigenvalue weighted by molar-refractivity contribution is 0.0595. The summed E-state index contributed by atoms with van der Waals surface area (Å²) in [5.41, 5.74) is -0.275. The van der Waals surface area contributed by atoms with Crippen LogP contribution in [0.25, 0.3) is 0 Å².